The summed E-state index contributed by atoms with van der Waals surface area (Å²) in [6, 6.07) is 4.48. The van der Waals surface area contributed by atoms with E-state index in [-0.39, 0.29) is 5.82 Å². The first-order chi connectivity index (χ1) is 10.2. The lowest BCUT2D eigenvalue weighted by Gasteiger charge is -2.07. The van der Waals surface area contributed by atoms with Gasteiger partial charge in [-0.25, -0.2) is 0 Å². The molecule has 0 amide bonds. The smallest absolute Gasteiger partial charge is 0.382 e. The SMILES string of the molecule is CC(=O)n1[nH]c(N)c(N=Nc2ccccc2C(F)(F)F)c1=O. The second kappa shape index (κ2) is 5.47. The molecule has 0 aliphatic rings. The second-order valence-corrected chi connectivity index (χ2v) is 4.25. The molecule has 1 heterocycles. The van der Waals surface area contributed by atoms with E-state index in [0.717, 1.165) is 19.1 Å². The van der Waals surface area contributed by atoms with Crippen LogP contribution in [0.5, 0.6) is 0 Å². The van der Waals surface area contributed by atoms with Crippen LogP contribution in [0.15, 0.2) is 39.3 Å². The third-order valence-corrected chi connectivity index (χ3v) is 2.68. The predicted octanol–water partition coefficient (Wildman–Crippen LogP) is 2.85. The zero-order valence-electron chi connectivity index (χ0n) is 11.2. The molecule has 3 N–H and O–H groups in total. The Morgan fingerprint density at radius 2 is 1.91 bits per heavy atom. The highest BCUT2D eigenvalue weighted by atomic mass is 19.4. The Hall–Kier alpha value is -2.91. The quantitative estimate of drug-likeness (QED) is 0.832. The van der Waals surface area contributed by atoms with Crippen molar-refractivity contribution >= 4 is 23.1 Å². The molecule has 0 saturated heterocycles. The van der Waals surface area contributed by atoms with E-state index in [1.165, 1.54) is 12.1 Å². The number of azo groups is 1. The fraction of sp³-hybridized carbons (Fsp3) is 0.167. The number of nitrogens with one attached hydrogen (secondary N) is 1. The Morgan fingerprint density at radius 3 is 2.45 bits per heavy atom. The van der Waals surface area contributed by atoms with Crippen molar-refractivity contribution in [3.05, 3.63) is 40.2 Å². The van der Waals surface area contributed by atoms with Gasteiger partial charge in [0.15, 0.2) is 5.69 Å². The van der Waals surface area contributed by atoms with Gasteiger partial charge < -0.3 is 5.73 Å². The van der Waals surface area contributed by atoms with Gasteiger partial charge in [-0.1, -0.05) is 12.1 Å². The molecule has 0 radical (unpaired) electrons. The molecule has 1 aromatic heterocycles. The molecule has 0 spiro atoms. The molecule has 1 aromatic carbocycles. The van der Waals surface area contributed by atoms with Crippen LogP contribution in [0.1, 0.15) is 17.3 Å². The van der Waals surface area contributed by atoms with Crippen molar-refractivity contribution in [3.63, 3.8) is 0 Å². The average Bonchev–Trinajstić information content (AvgIpc) is 2.71. The number of aromatic amines is 1. The third kappa shape index (κ3) is 2.90. The van der Waals surface area contributed by atoms with E-state index in [2.05, 4.69) is 15.3 Å². The molecule has 0 saturated carbocycles. The molecule has 2 rings (SSSR count). The van der Waals surface area contributed by atoms with Gasteiger partial charge >= 0.3 is 11.7 Å². The molecule has 2 aromatic rings. The van der Waals surface area contributed by atoms with E-state index in [1.807, 2.05) is 0 Å². The largest absolute Gasteiger partial charge is 0.418 e. The fourth-order valence-electron chi connectivity index (χ4n) is 1.67. The van der Waals surface area contributed by atoms with Gasteiger partial charge in [-0.05, 0) is 12.1 Å². The highest BCUT2D eigenvalue weighted by Gasteiger charge is 2.33. The maximum atomic E-state index is 12.8. The summed E-state index contributed by atoms with van der Waals surface area (Å²) >= 11 is 0. The van der Waals surface area contributed by atoms with E-state index >= 15 is 0 Å². The van der Waals surface area contributed by atoms with Crippen molar-refractivity contribution in [2.24, 2.45) is 10.2 Å². The number of alkyl halides is 3. The molecular weight excluding hydrogens is 303 g/mol. The lowest BCUT2D eigenvalue weighted by molar-refractivity contribution is -0.137. The molecular formula is C12H10F3N5O2. The summed E-state index contributed by atoms with van der Waals surface area (Å²) in [5.74, 6) is -0.915. The molecule has 0 fully saturated rings. The molecule has 22 heavy (non-hydrogen) atoms. The van der Waals surface area contributed by atoms with Crippen LogP contribution in [-0.2, 0) is 6.18 Å². The monoisotopic (exact) mass is 313 g/mol. The Labute approximate surface area is 121 Å². The Kier molecular flexibility index (Phi) is 3.85. The summed E-state index contributed by atoms with van der Waals surface area (Å²) < 4.78 is 39.0. The summed E-state index contributed by atoms with van der Waals surface area (Å²) in [7, 11) is 0. The number of H-pyrrole nitrogens is 1. The number of benzene rings is 1. The third-order valence-electron chi connectivity index (χ3n) is 2.68. The molecule has 7 nitrogen and oxygen atoms in total. The van der Waals surface area contributed by atoms with Crippen LogP contribution >= 0.6 is 0 Å². The standard InChI is InChI=1S/C12H10F3N5O2/c1-6(21)20-11(22)9(10(16)19-20)18-17-8-5-3-2-4-7(8)12(13,14)15/h2-5,19H,16H2,1H3. The number of hydrogen-bond acceptors (Lipinski definition) is 5. The van der Waals surface area contributed by atoms with Crippen molar-refractivity contribution in [1.29, 1.82) is 0 Å². The van der Waals surface area contributed by atoms with E-state index < -0.39 is 34.6 Å². The van der Waals surface area contributed by atoms with E-state index in [4.69, 9.17) is 5.73 Å². The molecule has 116 valence electrons. The van der Waals surface area contributed by atoms with Gasteiger partial charge in [0, 0.05) is 6.92 Å². The van der Waals surface area contributed by atoms with Gasteiger partial charge in [0.1, 0.15) is 5.82 Å². The highest BCUT2D eigenvalue weighted by Crippen LogP contribution is 2.36. The van der Waals surface area contributed by atoms with Crippen LogP contribution in [0.2, 0.25) is 0 Å². The summed E-state index contributed by atoms with van der Waals surface area (Å²) in [4.78, 5) is 22.9. The van der Waals surface area contributed by atoms with Crippen LogP contribution < -0.4 is 11.3 Å². The van der Waals surface area contributed by atoms with Crippen LogP contribution in [-0.4, -0.2) is 15.7 Å². The maximum Gasteiger partial charge on any atom is 0.418 e. The number of halogens is 3. The van der Waals surface area contributed by atoms with Crippen LogP contribution in [0, 0.1) is 0 Å². The normalized spacial score (nSPS) is 12.0. The fourth-order valence-corrected chi connectivity index (χ4v) is 1.67. The van der Waals surface area contributed by atoms with Gasteiger partial charge in [-0.2, -0.15) is 17.9 Å². The maximum absolute atomic E-state index is 12.8. The van der Waals surface area contributed by atoms with E-state index in [0.29, 0.717) is 4.68 Å². The number of nitrogen functional groups attached to an aromatic ring is 1. The number of aromatic nitrogens is 2. The minimum absolute atomic E-state index is 0.270. The topological polar surface area (TPSA) is 106 Å². The van der Waals surface area contributed by atoms with E-state index in [1.54, 1.807) is 0 Å². The second-order valence-electron chi connectivity index (χ2n) is 4.25. The van der Waals surface area contributed by atoms with Gasteiger partial charge in [0.2, 0.25) is 5.91 Å². The number of hydrogen-bond donors (Lipinski definition) is 2. The van der Waals surface area contributed by atoms with Gasteiger partial charge in [-0.3, -0.25) is 14.7 Å². The Balaban J connectivity index is 2.47. The van der Waals surface area contributed by atoms with Crippen molar-refractivity contribution in [2.45, 2.75) is 13.1 Å². The zero-order chi connectivity index (χ0) is 16.5. The molecule has 0 bridgehead atoms. The first-order valence-electron chi connectivity index (χ1n) is 5.91. The van der Waals surface area contributed by atoms with Crippen molar-refractivity contribution in [3.8, 4) is 0 Å². The predicted molar refractivity (Wildman–Crippen MR) is 71.4 cm³/mol. The molecule has 0 aliphatic heterocycles. The Bertz CT molecular complexity index is 804. The number of nitrogens with zero attached hydrogens (tertiary/aromatic N) is 3. The number of anilines is 1. The first-order valence-corrected chi connectivity index (χ1v) is 5.91. The van der Waals surface area contributed by atoms with Crippen molar-refractivity contribution in [2.75, 3.05) is 5.73 Å². The lowest BCUT2D eigenvalue weighted by Crippen LogP contribution is -2.21. The molecule has 10 heteroatoms. The summed E-state index contributed by atoms with van der Waals surface area (Å²) in [6.07, 6.45) is -4.61. The Morgan fingerprint density at radius 1 is 1.27 bits per heavy atom. The summed E-state index contributed by atoms with van der Waals surface area (Å²) in [5.41, 5.74) is 2.67. The van der Waals surface area contributed by atoms with Crippen LogP contribution in [0.4, 0.5) is 30.4 Å². The average molecular weight is 313 g/mol. The van der Waals surface area contributed by atoms with Gasteiger partial charge in [0.05, 0.1) is 11.3 Å². The zero-order valence-corrected chi connectivity index (χ0v) is 11.2. The lowest BCUT2D eigenvalue weighted by atomic mass is 10.2. The van der Waals surface area contributed by atoms with Gasteiger partial charge in [0.25, 0.3) is 0 Å². The highest BCUT2D eigenvalue weighted by molar-refractivity contribution is 5.77. The van der Waals surface area contributed by atoms with E-state index in [9.17, 15) is 22.8 Å². The summed E-state index contributed by atoms with van der Waals surface area (Å²) in [5, 5.41) is 9.10. The number of nitrogens with two attached hydrogens (primary N) is 1. The number of carbonyl (C=O) groups is 1. The van der Waals surface area contributed by atoms with Crippen molar-refractivity contribution < 1.29 is 18.0 Å². The van der Waals surface area contributed by atoms with Gasteiger partial charge in [-0.15, -0.1) is 10.2 Å². The first kappa shape index (κ1) is 15.5. The van der Waals surface area contributed by atoms with Crippen LogP contribution in [0.25, 0.3) is 0 Å². The number of rotatable bonds is 2. The van der Waals surface area contributed by atoms with Crippen molar-refractivity contribution in [1.82, 2.24) is 9.78 Å². The minimum Gasteiger partial charge on any atom is -0.382 e. The number of carbonyl (C=O) groups excluding carboxylic acids is 1. The summed E-state index contributed by atoms with van der Waals surface area (Å²) in [6.45, 7) is 1.11. The molecule has 0 aliphatic carbocycles. The minimum atomic E-state index is -4.61. The molecule has 0 unspecified atom stereocenters. The van der Waals surface area contributed by atoms with Crippen LogP contribution in [0.3, 0.4) is 0 Å². The molecule has 0 atom stereocenters.